The van der Waals surface area contributed by atoms with Crippen LogP contribution in [0.5, 0.6) is 0 Å². The van der Waals surface area contributed by atoms with Gasteiger partial charge in [-0.05, 0) is 6.07 Å². The molecule has 11 heteroatoms. The number of carbonyl (C=O) groups is 2. The molecule has 0 radical (unpaired) electrons. The zero-order valence-electron chi connectivity index (χ0n) is 10.1. The van der Waals surface area contributed by atoms with Crippen LogP contribution in [-0.4, -0.2) is 34.9 Å². The Balaban J connectivity index is 2.21. The van der Waals surface area contributed by atoms with E-state index >= 15 is 0 Å². The van der Waals surface area contributed by atoms with Crippen LogP contribution < -0.4 is 10.6 Å². The predicted octanol–water partition coefficient (Wildman–Crippen LogP) is 2.29. The lowest BCUT2D eigenvalue weighted by Crippen LogP contribution is -2.45. The highest BCUT2D eigenvalue weighted by Crippen LogP contribution is 2.47. The summed E-state index contributed by atoms with van der Waals surface area (Å²) in [6, 6.07) is -0.890. The van der Waals surface area contributed by atoms with Crippen molar-refractivity contribution in [2.45, 2.75) is 6.04 Å². The summed E-state index contributed by atoms with van der Waals surface area (Å²) in [4.78, 5) is 22.5. The molecule has 0 bridgehead atoms. The van der Waals surface area contributed by atoms with Gasteiger partial charge in [0.1, 0.15) is 11.4 Å². The first-order valence-corrected chi connectivity index (χ1v) is 6.94. The second kappa shape index (κ2) is 6.39. The van der Waals surface area contributed by atoms with E-state index < -0.39 is 24.6 Å². The topological polar surface area (TPSA) is 123 Å². The molecule has 2 amide bonds. The van der Waals surface area contributed by atoms with Crippen LogP contribution in [0.1, 0.15) is 0 Å². The fraction of sp³-hybridized carbons (Fsp3) is 0.200. The summed E-state index contributed by atoms with van der Waals surface area (Å²) < 4.78 is 7.95. The van der Waals surface area contributed by atoms with Crippen molar-refractivity contribution in [2.24, 2.45) is 8.73 Å². The van der Waals surface area contributed by atoms with Gasteiger partial charge in [0.15, 0.2) is 6.04 Å². The van der Waals surface area contributed by atoms with Crippen LogP contribution in [0.2, 0.25) is 10.0 Å². The third kappa shape index (κ3) is 3.32. The molecule has 0 saturated carbocycles. The van der Waals surface area contributed by atoms with Gasteiger partial charge in [0, 0.05) is 0 Å². The van der Waals surface area contributed by atoms with E-state index in [2.05, 4.69) is 19.4 Å². The SMILES string of the molecule is O=C(Nc1c(Cl)cc(Cl)c2c1N=S=N2)N[C@H](CO)C(=O)O. The fourth-order valence-corrected chi connectivity index (χ4v) is 2.65. The molecular formula is C10H8Cl2N4O4S. The van der Waals surface area contributed by atoms with Crippen molar-refractivity contribution in [3.63, 3.8) is 0 Å². The number of urea groups is 1. The zero-order chi connectivity index (χ0) is 15.6. The molecule has 0 fully saturated rings. The second-order valence-corrected chi connectivity index (χ2v) is 5.19. The number of aliphatic hydroxyl groups excluding tert-OH is 1. The Labute approximate surface area is 131 Å². The molecule has 0 saturated heterocycles. The van der Waals surface area contributed by atoms with E-state index in [1.165, 1.54) is 6.07 Å². The number of nitrogens with zero attached hydrogens (tertiary/aromatic N) is 2. The highest BCUT2D eigenvalue weighted by molar-refractivity contribution is 7.58. The van der Waals surface area contributed by atoms with Crippen molar-refractivity contribution < 1.29 is 19.8 Å². The molecule has 21 heavy (non-hydrogen) atoms. The van der Waals surface area contributed by atoms with Crippen LogP contribution in [0.15, 0.2) is 14.8 Å². The van der Waals surface area contributed by atoms with E-state index in [0.717, 1.165) is 11.4 Å². The van der Waals surface area contributed by atoms with Crippen LogP contribution in [0.3, 0.4) is 0 Å². The monoisotopic (exact) mass is 350 g/mol. The largest absolute Gasteiger partial charge is 0.480 e. The number of carbonyl (C=O) groups excluding carboxylic acids is 1. The molecule has 1 aromatic carbocycles. The van der Waals surface area contributed by atoms with E-state index in [1.54, 1.807) is 0 Å². The number of carboxylic acids is 1. The molecule has 1 aliphatic rings. The molecule has 1 aromatic rings. The summed E-state index contributed by atoms with van der Waals surface area (Å²) in [5, 5.41) is 22.5. The van der Waals surface area contributed by atoms with Crippen LogP contribution in [0.4, 0.5) is 21.9 Å². The minimum atomic E-state index is -1.43. The minimum Gasteiger partial charge on any atom is -0.480 e. The molecule has 8 nitrogen and oxygen atoms in total. The van der Waals surface area contributed by atoms with Gasteiger partial charge in [-0.15, -0.1) is 0 Å². The molecule has 0 unspecified atom stereocenters. The van der Waals surface area contributed by atoms with E-state index in [0.29, 0.717) is 11.4 Å². The Morgan fingerprint density at radius 2 is 1.95 bits per heavy atom. The van der Waals surface area contributed by atoms with Gasteiger partial charge in [-0.3, -0.25) is 0 Å². The molecular weight excluding hydrogens is 343 g/mol. The quantitative estimate of drug-likeness (QED) is 0.675. The summed E-state index contributed by atoms with van der Waals surface area (Å²) in [6.07, 6.45) is 0. The van der Waals surface area contributed by atoms with Gasteiger partial charge in [0.25, 0.3) is 0 Å². The summed E-state index contributed by atoms with van der Waals surface area (Å²) >= 11 is 12.8. The molecule has 112 valence electrons. The van der Waals surface area contributed by atoms with E-state index in [9.17, 15) is 9.59 Å². The number of carboxylic acid groups (broad SMARTS) is 1. The van der Waals surface area contributed by atoms with Crippen molar-refractivity contribution >= 4 is 63.6 Å². The number of aliphatic carboxylic acids is 1. The Morgan fingerprint density at radius 1 is 1.29 bits per heavy atom. The van der Waals surface area contributed by atoms with Crippen molar-refractivity contribution in [2.75, 3.05) is 11.9 Å². The van der Waals surface area contributed by atoms with Gasteiger partial charge in [-0.1, -0.05) is 23.2 Å². The summed E-state index contributed by atoms with van der Waals surface area (Å²) in [7, 11) is 0. The van der Waals surface area contributed by atoms with Crippen LogP contribution in [-0.2, 0) is 16.1 Å². The van der Waals surface area contributed by atoms with Crippen molar-refractivity contribution in [1.29, 1.82) is 0 Å². The third-order valence-corrected chi connectivity index (χ3v) is 3.58. The summed E-state index contributed by atoms with van der Waals surface area (Å²) in [6.45, 7) is -0.745. The standard InChI is InChI=1S/C10H8Cl2N4O4S/c11-3-1-4(12)7-8(16-21-15-7)6(3)14-10(20)13-5(2-17)9(18)19/h1,5,17H,2H2,(H,18,19)(H2,13,14,20)/t5-/m1/s1. The third-order valence-electron chi connectivity index (χ3n) is 2.47. The van der Waals surface area contributed by atoms with Gasteiger partial charge >= 0.3 is 12.0 Å². The maximum atomic E-state index is 11.8. The molecule has 0 aliphatic carbocycles. The minimum absolute atomic E-state index is 0.131. The normalized spacial score (nSPS) is 13.3. The van der Waals surface area contributed by atoms with Gasteiger partial charge in [-0.2, -0.15) is 8.73 Å². The van der Waals surface area contributed by atoms with E-state index in [1.807, 2.05) is 0 Å². The number of hydrogen-bond donors (Lipinski definition) is 4. The number of hydrogen-bond acceptors (Lipinski definition) is 5. The number of aliphatic hydroxyl groups is 1. The van der Waals surface area contributed by atoms with Crippen molar-refractivity contribution in [1.82, 2.24) is 5.32 Å². The maximum absolute atomic E-state index is 11.8. The number of rotatable bonds is 4. The number of halogens is 2. The van der Waals surface area contributed by atoms with Gasteiger partial charge < -0.3 is 20.8 Å². The molecule has 0 aromatic heterocycles. The number of benzene rings is 1. The average Bonchev–Trinajstić information content (AvgIpc) is 2.90. The number of anilines is 1. The zero-order valence-corrected chi connectivity index (χ0v) is 12.5. The van der Waals surface area contributed by atoms with E-state index in [-0.39, 0.29) is 15.7 Å². The highest BCUT2D eigenvalue weighted by Gasteiger charge is 2.23. The fourth-order valence-electron chi connectivity index (χ4n) is 1.49. The van der Waals surface area contributed by atoms with Crippen molar-refractivity contribution in [3.8, 4) is 0 Å². The predicted molar refractivity (Wildman–Crippen MR) is 78.7 cm³/mol. The number of fused-ring (bicyclic) bond motifs is 1. The van der Waals surface area contributed by atoms with Crippen LogP contribution in [0, 0.1) is 0 Å². The molecule has 1 aliphatic heterocycles. The molecule has 2 rings (SSSR count). The summed E-state index contributed by atoms with van der Waals surface area (Å²) in [5.74, 6) is -1.37. The molecule has 4 N–H and O–H groups in total. The molecule has 0 spiro atoms. The number of amides is 2. The summed E-state index contributed by atoms with van der Waals surface area (Å²) in [5.41, 5.74) is 0.825. The average molecular weight is 351 g/mol. The Bertz CT molecular complexity index is 690. The Kier molecular flexibility index (Phi) is 4.78. The van der Waals surface area contributed by atoms with Gasteiger partial charge in [0.05, 0.1) is 33.7 Å². The van der Waals surface area contributed by atoms with Gasteiger partial charge in [-0.25, -0.2) is 9.59 Å². The smallest absolute Gasteiger partial charge is 0.328 e. The highest BCUT2D eigenvalue weighted by atomic mass is 35.5. The van der Waals surface area contributed by atoms with Crippen molar-refractivity contribution in [3.05, 3.63) is 16.1 Å². The first kappa shape index (κ1) is 15.7. The van der Waals surface area contributed by atoms with Crippen LogP contribution >= 0.6 is 23.2 Å². The lowest BCUT2D eigenvalue weighted by Gasteiger charge is -2.14. The Morgan fingerprint density at radius 3 is 2.57 bits per heavy atom. The first-order chi connectivity index (χ1) is 9.93. The Hall–Kier alpha value is -1.68. The van der Waals surface area contributed by atoms with Gasteiger partial charge in [0.2, 0.25) is 0 Å². The van der Waals surface area contributed by atoms with E-state index in [4.69, 9.17) is 33.4 Å². The first-order valence-electron chi connectivity index (χ1n) is 5.45. The lowest BCUT2D eigenvalue weighted by molar-refractivity contribution is -0.140. The molecule has 1 heterocycles. The number of nitrogens with one attached hydrogen (secondary N) is 2. The van der Waals surface area contributed by atoms with Crippen LogP contribution in [0.25, 0.3) is 0 Å². The molecule has 1 atom stereocenters. The lowest BCUT2D eigenvalue weighted by atomic mass is 10.2. The second-order valence-electron chi connectivity index (χ2n) is 3.85. The maximum Gasteiger partial charge on any atom is 0.328 e.